The van der Waals surface area contributed by atoms with Gasteiger partial charge >= 0.3 is 0 Å². The Kier molecular flexibility index (Phi) is 5.57. The first kappa shape index (κ1) is 26.0. The maximum absolute atomic E-state index is 6.21. The predicted molar refractivity (Wildman–Crippen MR) is 196 cm³/mol. The summed E-state index contributed by atoms with van der Waals surface area (Å²) in [7, 11) is 0. The second-order valence-electron chi connectivity index (χ2n) is 12.2. The van der Waals surface area contributed by atoms with Crippen molar-refractivity contribution in [3.05, 3.63) is 158 Å². The molecule has 47 heavy (non-hydrogen) atoms. The molecule has 10 rings (SSSR count). The van der Waals surface area contributed by atoms with Crippen molar-refractivity contribution in [2.45, 2.75) is 0 Å². The molecule has 0 aliphatic carbocycles. The van der Waals surface area contributed by atoms with E-state index in [4.69, 9.17) is 14.4 Å². The Morgan fingerprint density at radius 1 is 0.404 bits per heavy atom. The van der Waals surface area contributed by atoms with E-state index in [0.29, 0.717) is 5.71 Å². The highest BCUT2D eigenvalue weighted by molar-refractivity contribution is 6.25. The molecule has 2 aromatic heterocycles. The van der Waals surface area contributed by atoms with Gasteiger partial charge in [-0.1, -0.05) is 127 Å². The van der Waals surface area contributed by atoms with Crippen LogP contribution < -0.4 is 0 Å². The molecule has 0 unspecified atom stereocenters. The number of aromatic nitrogens is 2. The maximum Gasteiger partial charge on any atom is 0.246 e. The molecule has 0 fully saturated rings. The predicted octanol–water partition coefficient (Wildman–Crippen LogP) is 12.0. The molecule has 0 aliphatic rings. The van der Waals surface area contributed by atoms with Crippen molar-refractivity contribution in [2.24, 2.45) is 0 Å². The molecule has 0 N–H and O–H groups in total. The van der Waals surface area contributed by atoms with Crippen molar-refractivity contribution in [3.8, 4) is 33.5 Å². The third-order valence-corrected chi connectivity index (χ3v) is 9.51. The summed E-state index contributed by atoms with van der Waals surface area (Å²) in [5.41, 5.74) is 8.59. The summed E-state index contributed by atoms with van der Waals surface area (Å²) < 4.78 is 6.21. The Labute approximate surface area is 270 Å². The van der Waals surface area contributed by atoms with Crippen LogP contribution in [-0.4, -0.2) is 9.97 Å². The molecule has 3 nitrogen and oxygen atoms in total. The van der Waals surface area contributed by atoms with Crippen molar-refractivity contribution in [2.75, 3.05) is 0 Å². The van der Waals surface area contributed by atoms with Crippen LogP contribution in [0, 0.1) is 0 Å². The first-order valence-electron chi connectivity index (χ1n) is 15.9. The molecule has 0 atom stereocenters. The van der Waals surface area contributed by atoms with Crippen LogP contribution in [0.3, 0.4) is 0 Å². The van der Waals surface area contributed by atoms with Gasteiger partial charge in [0.1, 0.15) is 11.1 Å². The highest BCUT2D eigenvalue weighted by Gasteiger charge is 2.15. The Balaban J connectivity index is 1.06. The third-order valence-electron chi connectivity index (χ3n) is 9.51. The number of hydrogen-bond acceptors (Lipinski definition) is 3. The van der Waals surface area contributed by atoms with Gasteiger partial charge in [-0.25, -0.2) is 9.97 Å². The molecule has 218 valence electrons. The summed E-state index contributed by atoms with van der Waals surface area (Å²) in [6, 6.07) is 54.0. The molecule has 0 spiro atoms. The molecule has 0 radical (unpaired) electrons. The average Bonchev–Trinajstić information content (AvgIpc) is 3.53. The van der Waals surface area contributed by atoms with Crippen molar-refractivity contribution in [3.63, 3.8) is 0 Å². The Bertz CT molecular complexity index is 2830. The van der Waals surface area contributed by atoms with Crippen LogP contribution in [-0.2, 0) is 0 Å². The van der Waals surface area contributed by atoms with Gasteiger partial charge in [0.05, 0.1) is 17.3 Å². The van der Waals surface area contributed by atoms with Crippen LogP contribution in [0.5, 0.6) is 0 Å². The summed E-state index contributed by atoms with van der Waals surface area (Å²) >= 11 is 0. The molecular weight excluding hydrogens is 572 g/mol. The quantitative estimate of drug-likeness (QED) is 0.190. The molecule has 0 saturated heterocycles. The van der Waals surface area contributed by atoms with E-state index in [0.717, 1.165) is 49.6 Å². The number of hydrogen-bond donors (Lipinski definition) is 0. The summed E-state index contributed by atoms with van der Waals surface area (Å²) in [4.78, 5) is 9.80. The Hall–Kier alpha value is -6.32. The first-order chi connectivity index (χ1) is 23.3. The van der Waals surface area contributed by atoms with Gasteiger partial charge in [0.25, 0.3) is 0 Å². The van der Waals surface area contributed by atoms with Gasteiger partial charge in [-0.15, -0.1) is 0 Å². The topological polar surface area (TPSA) is 38.9 Å². The fraction of sp³-hybridized carbons (Fsp3) is 0. The highest BCUT2D eigenvalue weighted by Crippen LogP contribution is 2.38. The molecule has 3 heteroatoms. The molecule has 8 aromatic carbocycles. The van der Waals surface area contributed by atoms with Gasteiger partial charge in [-0.2, -0.15) is 0 Å². The molecule has 0 aliphatic heterocycles. The minimum Gasteiger partial charge on any atom is -0.436 e. The van der Waals surface area contributed by atoms with E-state index >= 15 is 0 Å². The molecular formula is C44H26N2O. The zero-order valence-corrected chi connectivity index (χ0v) is 25.3. The van der Waals surface area contributed by atoms with Gasteiger partial charge in [0.15, 0.2) is 0 Å². The zero-order chi connectivity index (χ0) is 30.9. The number of nitrogens with zero attached hydrogens (tertiary/aromatic N) is 2. The van der Waals surface area contributed by atoms with Crippen molar-refractivity contribution in [1.82, 2.24) is 9.97 Å². The second-order valence-corrected chi connectivity index (χ2v) is 12.2. The molecule has 0 amide bonds. The normalized spacial score (nSPS) is 11.8. The van der Waals surface area contributed by atoms with Crippen LogP contribution in [0.25, 0.3) is 98.8 Å². The third kappa shape index (κ3) is 4.07. The van der Waals surface area contributed by atoms with Crippen LogP contribution >= 0.6 is 0 Å². The summed E-state index contributed by atoms with van der Waals surface area (Å²) in [6.45, 7) is 0. The van der Waals surface area contributed by atoms with Crippen molar-refractivity contribution >= 4 is 65.3 Å². The monoisotopic (exact) mass is 598 g/mol. The number of furan rings is 1. The summed E-state index contributed by atoms with van der Waals surface area (Å²) in [6.07, 6.45) is 1.86. The number of benzene rings is 8. The highest BCUT2D eigenvalue weighted by atomic mass is 16.3. The van der Waals surface area contributed by atoms with E-state index in [9.17, 15) is 0 Å². The largest absolute Gasteiger partial charge is 0.436 e. The first-order valence-corrected chi connectivity index (χ1v) is 15.9. The lowest BCUT2D eigenvalue weighted by molar-refractivity contribution is 0.654. The lowest BCUT2D eigenvalue weighted by Gasteiger charge is -2.13. The number of rotatable bonds is 3. The van der Waals surface area contributed by atoms with E-state index in [-0.39, 0.29) is 0 Å². The van der Waals surface area contributed by atoms with Gasteiger partial charge < -0.3 is 4.42 Å². The van der Waals surface area contributed by atoms with Gasteiger partial charge in [0.2, 0.25) is 5.71 Å². The molecule has 0 bridgehead atoms. The van der Waals surface area contributed by atoms with E-state index in [2.05, 4.69) is 133 Å². The van der Waals surface area contributed by atoms with E-state index in [1.807, 2.05) is 24.4 Å². The second kappa shape index (κ2) is 10.1. The van der Waals surface area contributed by atoms with Gasteiger partial charge in [-0.05, 0) is 89.6 Å². The molecule has 2 heterocycles. The van der Waals surface area contributed by atoms with Gasteiger partial charge in [-0.3, -0.25) is 0 Å². The Morgan fingerprint density at radius 3 is 1.66 bits per heavy atom. The summed E-state index contributed by atoms with van der Waals surface area (Å²) in [5, 5.41) is 11.0. The lowest BCUT2D eigenvalue weighted by atomic mass is 9.91. The average molecular weight is 599 g/mol. The minimum atomic E-state index is 0.554. The maximum atomic E-state index is 6.21. The molecule has 10 aromatic rings. The van der Waals surface area contributed by atoms with E-state index in [1.165, 1.54) is 43.4 Å². The number of fused-ring (bicyclic) bond motifs is 11. The Morgan fingerprint density at radius 2 is 0.957 bits per heavy atom. The van der Waals surface area contributed by atoms with E-state index in [1.54, 1.807) is 0 Å². The zero-order valence-electron chi connectivity index (χ0n) is 25.3. The van der Waals surface area contributed by atoms with Crippen molar-refractivity contribution in [1.29, 1.82) is 0 Å². The molecule has 0 saturated carbocycles. The lowest BCUT2D eigenvalue weighted by Crippen LogP contribution is -1.88. The van der Waals surface area contributed by atoms with E-state index < -0.39 is 0 Å². The fourth-order valence-electron chi connectivity index (χ4n) is 7.26. The summed E-state index contributed by atoms with van der Waals surface area (Å²) in [5.74, 6) is 0. The van der Waals surface area contributed by atoms with Crippen LogP contribution in [0.15, 0.2) is 162 Å². The smallest absolute Gasteiger partial charge is 0.246 e. The fourth-order valence-corrected chi connectivity index (χ4v) is 7.26. The van der Waals surface area contributed by atoms with Crippen LogP contribution in [0.1, 0.15) is 0 Å². The van der Waals surface area contributed by atoms with Crippen LogP contribution in [0.4, 0.5) is 0 Å². The SMILES string of the molecule is c1cc(-c2cccc(-c3cnc4c(n3)oc3ccc5ccccc5c34)c2)cc(-c2ccc3c4ccccc4c4ccccc4c3c2)c1. The van der Waals surface area contributed by atoms with Crippen LogP contribution in [0.2, 0.25) is 0 Å². The minimum absolute atomic E-state index is 0.554. The van der Waals surface area contributed by atoms with Gasteiger partial charge in [0, 0.05) is 5.56 Å². The standard InChI is InChI=1S/C44H26N2O/c1-2-14-33-27(9-1)20-22-41-42(33)43-44(47-41)46-40(26-45-43)32-13-8-12-30(24-32)28-10-7-11-29(23-28)31-19-21-38-36-17-4-3-15-34(36)35-16-5-6-18-37(35)39(38)25-31/h1-26H. The van der Waals surface area contributed by atoms with Crippen molar-refractivity contribution < 1.29 is 4.42 Å².